The maximum atomic E-state index is 13.2. The summed E-state index contributed by atoms with van der Waals surface area (Å²) in [5.41, 5.74) is 0. The van der Waals surface area contributed by atoms with Crippen molar-refractivity contribution < 1.29 is 19.5 Å². The summed E-state index contributed by atoms with van der Waals surface area (Å²) in [7, 11) is 0. The van der Waals surface area contributed by atoms with E-state index in [1.807, 2.05) is 0 Å². The van der Waals surface area contributed by atoms with Gasteiger partial charge >= 0.3 is 5.97 Å². The molecule has 3 fully saturated rings. The number of carboxylic acid groups (broad SMARTS) is 1. The Morgan fingerprint density at radius 1 is 1.00 bits per heavy atom. The van der Waals surface area contributed by atoms with Crippen molar-refractivity contribution in [1.82, 2.24) is 20.4 Å². The van der Waals surface area contributed by atoms with E-state index < -0.39 is 18.1 Å². The first-order chi connectivity index (χ1) is 13.5. The smallest absolute Gasteiger partial charge is 0.326 e. The lowest BCUT2D eigenvalue weighted by molar-refractivity contribution is -0.149. The molecular weight excluding hydrogens is 360 g/mol. The first-order valence-electron chi connectivity index (χ1n) is 10.8. The molecule has 1 saturated carbocycles. The van der Waals surface area contributed by atoms with Gasteiger partial charge in [-0.15, -0.1) is 0 Å². The second-order valence-electron chi connectivity index (χ2n) is 8.41. The van der Waals surface area contributed by atoms with Crippen molar-refractivity contribution in [2.45, 2.75) is 63.5 Å². The van der Waals surface area contributed by atoms with Crippen LogP contribution >= 0.6 is 0 Å². The fourth-order valence-electron chi connectivity index (χ4n) is 4.78. The Morgan fingerprint density at radius 3 is 2.39 bits per heavy atom. The van der Waals surface area contributed by atoms with E-state index in [0.29, 0.717) is 38.3 Å². The summed E-state index contributed by atoms with van der Waals surface area (Å²) in [6.07, 6.45) is 7.55. The third-order valence-electron chi connectivity index (χ3n) is 6.32. The average Bonchev–Trinajstić information content (AvgIpc) is 3.18. The van der Waals surface area contributed by atoms with Crippen LogP contribution in [-0.4, -0.2) is 84.0 Å². The molecule has 0 aromatic heterocycles. The minimum Gasteiger partial charge on any atom is -0.480 e. The van der Waals surface area contributed by atoms with Crippen LogP contribution in [-0.2, 0) is 14.4 Å². The molecule has 0 spiro atoms. The minimum absolute atomic E-state index is 0.137. The van der Waals surface area contributed by atoms with Crippen LogP contribution in [0.1, 0.15) is 51.4 Å². The van der Waals surface area contributed by atoms with Crippen molar-refractivity contribution in [3.8, 4) is 0 Å². The van der Waals surface area contributed by atoms with Crippen LogP contribution in [0.3, 0.4) is 0 Å². The molecule has 2 aliphatic heterocycles. The molecule has 3 N–H and O–H groups in total. The van der Waals surface area contributed by atoms with Gasteiger partial charge in [0.2, 0.25) is 11.8 Å². The zero-order valence-electron chi connectivity index (χ0n) is 16.7. The number of aliphatic carboxylic acids is 1. The lowest BCUT2D eigenvalue weighted by Gasteiger charge is -2.32. The van der Waals surface area contributed by atoms with Gasteiger partial charge in [0.25, 0.3) is 0 Å². The van der Waals surface area contributed by atoms with Gasteiger partial charge in [-0.25, -0.2) is 4.79 Å². The highest BCUT2D eigenvalue weighted by atomic mass is 16.4. The number of piperazine rings is 1. The van der Waals surface area contributed by atoms with E-state index in [2.05, 4.69) is 15.5 Å². The maximum Gasteiger partial charge on any atom is 0.326 e. The molecule has 2 amide bonds. The van der Waals surface area contributed by atoms with E-state index in [4.69, 9.17) is 0 Å². The van der Waals surface area contributed by atoms with Crippen LogP contribution in [0.25, 0.3) is 0 Å². The number of likely N-dealkylation sites (tertiary alicyclic amines) is 1. The molecule has 0 aromatic rings. The van der Waals surface area contributed by atoms with Crippen LogP contribution in [0.15, 0.2) is 0 Å². The summed E-state index contributed by atoms with van der Waals surface area (Å²) in [4.78, 5) is 40.9. The largest absolute Gasteiger partial charge is 0.480 e. The lowest BCUT2D eigenvalue weighted by Crippen LogP contribution is -2.54. The van der Waals surface area contributed by atoms with Crippen LogP contribution in [0, 0.1) is 5.92 Å². The first-order valence-corrected chi connectivity index (χ1v) is 10.8. The molecule has 3 aliphatic rings. The van der Waals surface area contributed by atoms with Crippen molar-refractivity contribution >= 4 is 17.8 Å². The normalized spacial score (nSPS) is 25.4. The fourth-order valence-corrected chi connectivity index (χ4v) is 4.78. The minimum atomic E-state index is -0.950. The number of nitrogens with one attached hydrogen (secondary N) is 2. The van der Waals surface area contributed by atoms with Crippen molar-refractivity contribution in [2.24, 2.45) is 5.92 Å². The zero-order valence-corrected chi connectivity index (χ0v) is 16.7. The molecule has 0 bridgehead atoms. The van der Waals surface area contributed by atoms with E-state index in [1.165, 1.54) is 24.2 Å². The van der Waals surface area contributed by atoms with Crippen molar-refractivity contribution in [2.75, 3.05) is 39.3 Å². The quantitative estimate of drug-likeness (QED) is 0.579. The second-order valence-corrected chi connectivity index (χ2v) is 8.41. The van der Waals surface area contributed by atoms with E-state index in [-0.39, 0.29) is 11.8 Å². The monoisotopic (exact) mass is 394 g/mol. The molecule has 0 radical (unpaired) electrons. The van der Waals surface area contributed by atoms with Crippen LogP contribution in [0.4, 0.5) is 0 Å². The van der Waals surface area contributed by atoms with Gasteiger partial charge in [0.05, 0.1) is 6.54 Å². The predicted molar refractivity (Wildman–Crippen MR) is 105 cm³/mol. The van der Waals surface area contributed by atoms with Crippen molar-refractivity contribution in [1.29, 1.82) is 0 Å². The molecule has 0 unspecified atom stereocenters. The molecule has 2 saturated heterocycles. The lowest BCUT2D eigenvalue weighted by atomic mass is 9.84. The number of hydrogen-bond donors (Lipinski definition) is 3. The molecule has 0 aromatic carbocycles. The van der Waals surface area contributed by atoms with E-state index in [0.717, 1.165) is 39.0 Å². The highest BCUT2D eigenvalue weighted by Gasteiger charge is 2.38. The number of carboxylic acids is 1. The Labute approximate surface area is 167 Å². The van der Waals surface area contributed by atoms with Gasteiger partial charge in [-0.3, -0.25) is 14.5 Å². The van der Waals surface area contributed by atoms with Crippen molar-refractivity contribution in [3.05, 3.63) is 0 Å². The van der Waals surface area contributed by atoms with Gasteiger partial charge in [-0.2, -0.15) is 0 Å². The second kappa shape index (κ2) is 10.2. The Balaban J connectivity index is 1.64. The molecule has 8 heteroatoms. The summed E-state index contributed by atoms with van der Waals surface area (Å²) >= 11 is 0. The standard InChI is InChI=1S/C20H34N4O4/c25-18(14-23-11-8-21-9-12-23)22-16(13-15-5-2-1-3-6-15)19(26)24-10-4-7-17(24)20(27)28/h15-17,21H,1-14H2,(H,22,25)(H,27,28)/t16-,17-/m0/s1. The Morgan fingerprint density at radius 2 is 1.71 bits per heavy atom. The summed E-state index contributed by atoms with van der Waals surface area (Å²) in [5.74, 6) is -0.881. The first kappa shape index (κ1) is 21.0. The number of carbonyl (C=O) groups excluding carboxylic acids is 2. The molecule has 2 atom stereocenters. The third-order valence-corrected chi connectivity index (χ3v) is 6.32. The van der Waals surface area contributed by atoms with Crippen LogP contribution in [0.5, 0.6) is 0 Å². The highest BCUT2D eigenvalue weighted by Crippen LogP contribution is 2.28. The molecule has 28 heavy (non-hydrogen) atoms. The Hall–Kier alpha value is -1.67. The van der Waals surface area contributed by atoms with Crippen molar-refractivity contribution in [3.63, 3.8) is 0 Å². The maximum absolute atomic E-state index is 13.2. The Kier molecular flexibility index (Phi) is 7.67. The van der Waals surface area contributed by atoms with E-state index in [1.54, 1.807) is 0 Å². The summed E-state index contributed by atoms with van der Waals surface area (Å²) in [6, 6.07) is -1.37. The van der Waals surface area contributed by atoms with Crippen LogP contribution < -0.4 is 10.6 Å². The Bertz CT molecular complexity index is 558. The fraction of sp³-hybridized carbons (Fsp3) is 0.850. The number of nitrogens with zero attached hydrogens (tertiary/aromatic N) is 2. The van der Waals surface area contributed by atoms with Gasteiger partial charge in [-0.1, -0.05) is 32.1 Å². The van der Waals surface area contributed by atoms with Gasteiger partial charge in [0, 0.05) is 32.7 Å². The highest BCUT2D eigenvalue weighted by molar-refractivity contribution is 5.91. The molecular formula is C20H34N4O4. The third kappa shape index (κ3) is 5.67. The van der Waals surface area contributed by atoms with Gasteiger partial charge in [-0.05, 0) is 25.2 Å². The molecule has 8 nitrogen and oxygen atoms in total. The van der Waals surface area contributed by atoms with Crippen LogP contribution in [0.2, 0.25) is 0 Å². The van der Waals surface area contributed by atoms with E-state index >= 15 is 0 Å². The average molecular weight is 395 g/mol. The molecule has 158 valence electrons. The zero-order chi connectivity index (χ0) is 19.9. The molecule has 1 aliphatic carbocycles. The SMILES string of the molecule is O=C(CN1CCNCC1)N[C@@H](CC1CCCCC1)C(=O)N1CCC[C@H]1C(=O)O. The summed E-state index contributed by atoms with van der Waals surface area (Å²) in [6.45, 7) is 4.13. The van der Waals surface area contributed by atoms with Gasteiger partial charge < -0.3 is 20.6 Å². The van der Waals surface area contributed by atoms with Gasteiger partial charge in [0.15, 0.2) is 0 Å². The number of amides is 2. The van der Waals surface area contributed by atoms with Gasteiger partial charge in [0.1, 0.15) is 12.1 Å². The summed E-state index contributed by atoms with van der Waals surface area (Å²) < 4.78 is 0. The van der Waals surface area contributed by atoms with E-state index in [9.17, 15) is 19.5 Å². The predicted octanol–water partition coefficient (Wildman–Crippen LogP) is 0.422. The topological polar surface area (TPSA) is 102 Å². The molecule has 2 heterocycles. The molecule has 3 rings (SSSR count). The number of hydrogen-bond acceptors (Lipinski definition) is 5. The summed E-state index contributed by atoms with van der Waals surface area (Å²) in [5, 5.41) is 15.7. The number of rotatable bonds is 7. The number of carbonyl (C=O) groups is 3.